The molecule has 33 heavy (non-hydrogen) atoms. The van der Waals surface area contributed by atoms with Crippen LogP contribution >= 0.6 is 0 Å². The first-order valence-electron chi connectivity index (χ1n) is 10.5. The van der Waals surface area contributed by atoms with Crippen molar-refractivity contribution in [1.82, 2.24) is 10.2 Å². The zero-order valence-corrected chi connectivity index (χ0v) is 19.0. The molecule has 0 radical (unpaired) electrons. The van der Waals surface area contributed by atoms with E-state index in [9.17, 15) is 18.0 Å². The van der Waals surface area contributed by atoms with E-state index in [1.165, 1.54) is 12.1 Å². The number of amides is 1. The van der Waals surface area contributed by atoms with Crippen molar-refractivity contribution in [2.45, 2.75) is 45.1 Å². The number of aryl methyl sites for hydroxylation is 1. The molecule has 2 aromatic carbocycles. The molecule has 0 saturated heterocycles. The lowest BCUT2D eigenvalue weighted by Gasteiger charge is -2.21. The van der Waals surface area contributed by atoms with Gasteiger partial charge in [-0.15, -0.1) is 5.10 Å². The Morgan fingerprint density at radius 2 is 1.91 bits per heavy atom. The highest BCUT2D eigenvalue weighted by Crippen LogP contribution is 2.44. The third-order valence-corrected chi connectivity index (χ3v) is 6.40. The Bertz CT molecular complexity index is 1280. The highest BCUT2D eigenvalue weighted by atomic mass is 19.3. The largest absolute Gasteiger partial charge is 0.390 e. The molecule has 0 aliphatic carbocycles. The number of likely N-dealkylation sites (N-methyl/N-ethyl adjacent to an activating group) is 1. The van der Waals surface area contributed by atoms with E-state index in [0.717, 1.165) is 22.7 Å². The smallest absolute Gasteiger partial charge is 0.298 e. The quantitative estimate of drug-likeness (QED) is 0.585. The van der Waals surface area contributed by atoms with Crippen LogP contribution in [-0.4, -0.2) is 34.9 Å². The number of aromatic nitrogens is 2. The van der Waals surface area contributed by atoms with Crippen molar-refractivity contribution in [3.05, 3.63) is 58.5 Å². The third kappa shape index (κ3) is 3.51. The number of fused-ring (bicyclic) bond motifs is 2. The van der Waals surface area contributed by atoms with Crippen molar-refractivity contribution in [2.75, 3.05) is 23.9 Å². The maximum Gasteiger partial charge on any atom is 0.298 e. The van der Waals surface area contributed by atoms with Crippen molar-refractivity contribution >= 4 is 28.2 Å². The fraction of sp³-hybridized carbons (Fsp3) is 0.375. The Balaban J connectivity index is 1.79. The Labute approximate surface area is 189 Å². The SMILES string of the molecule is Cc1nnc(N[C@H](C)c2cccc(C(F)(F)CO)c2F)c2cc3c(cc12)C(C)(C)C(=O)N3C. The van der Waals surface area contributed by atoms with Gasteiger partial charge in [0, 0.05) is 29.1 Å². The van der Waals surface area contributed by atoms with Crippen molar-refractivity contribution in [3.63, 3.8) is 0 Å². The predicted octanol–water partition coefficient (Wildman–Crippen LogP) is 4.59. The van der Waals surface area contributed by atoms with Gasteiger partial charge in [0.05, 0.1) is 22.7 Å². The molecule has 6 nitrogen and oxygen atoms in total. The van der Waals surface area contributed by atoms with Gasteiger partial charge in [-0.2, -0.15) is 13.9 Å². The van der Waals surface area contributed by atoms with Gasteiger partial charge in [0.2, 0.25) is 5.91 Å². The summed E-state index contributed by atoms with van der Waals surface area (Å²) < 4.78 is 42.9. The van der Waals surface area contributed by atoms with E-state index in [0.29, 0.717) is 16.9 Å². The molecule has 2 heterocycles. The summed E-state index contributed by atoms with van der Waals surface area (Å²) in [6.07, 6.45) is 0. The summed E-state index contributed by atoms with van der Waals surface area (Å²) in [4.78, 5) is 14.3. The van der Waals surface area contributed by atoms with Crippen LogP contribution in [0.3, 0.4) is 0 Å². The molecule has 1 amide bonds. The Morgan fingerprint density at radius 3 is 2.58 bits per heavy atom. The second kappa shape index (κ2) is 7.69. The van der Waals surface area contributed by atoms with E-state index in [4.69, 9.17) is 5.11 Å². The maximum atomic E-state index is 14.9. The molecule has 2 N–H and O–H groups in total. The molecule has 9 heteroatoms. The highest BCUT2D eigenvalue weighted by molar-refractivity contribution is 6.10. The second-order valence-corrected chi connectivity index (χ2v) is 8.98. The summed E-state index contributed by atoms with van der Waals surface area (Å²) in [6.45, 7) is 5.68. The van der Waals surface area contributed by atoms with E-state index >= 15 is 0 Å². The zero-order chi connectivity index (χ0) is 24.3. The first kappa shape index (κ1) is 23.0. The Kier molecular flexibility index (Phi) is 5.35. The summed E-state index contributed by atoms with van der Waals surface area (Å²) in [5.74, 6) is -4.47. The number of aliphatic hydroxyl groups is 1. The molecule has 3 aromatic rings. The monoisotopic (exact) mass is 458 g/mol. The summed E-state index contributed by atoms with van der Waals surface area (Å²) in [6, 6.07) is 6.73. The van der Waals surface area contributed by atoms with Gasteiger partial charge >= 0.3 is 0 Å². The molecule has 1 aliphatic rings. The number of carbonyl (C=O) groups excluding carboxylic acids is 1. The zero-order valence-electron chi connectivity index (χ0n) is 19.0. The van der Waals surface area contributed by atoms with Crippen LogP contribution in [0.25, 0.3) is 10.8 Å². The maximum absolute atomic E-state index is 14.9. The number of anilines is 2. The number of benzene rings is 2. The fourth-order valence-electron chi connectivity index (χ4n) is 4.38. The van der Waals surface area contributed by atoms with Gasteiger partial charge in [0.15, 0.2) is 5.82 Å². The number of alkyl halides is 2. The van der Waals surface area contributed by atoms with Crippen molar-refractivity contribution < 1.29 is 23.1 Å². The van der Waals surface area contributed by atoms with Crippen LogP contribution in [0.1, 0.15) is 49.2 Å². The molecule has 0 unspecified atom stereocenters. The van der Waals surface area contributed by atoms with E-state index in [-0.39, 0.29) is 11.5 Å². The molecule has 1 aliphatic heterocycles. The lowest BCUT2D eigenvalue weighted by Crippen LogP contribution is -2.33. The van der Waals surface area contributed by atoms with Gasteiger partial charge in [-0.05, 0) is 51.5 Å². The van der Waals surface area contributed by atoms with Gasteiger partial charge in [-0.3, -0.25) is 4.79 Å². The van der Waals surface area contributed by atoms with E-state index in [1.807, 2.05) is 32.9 Å². The molecular formula is C24H25F3N4O2. The molecule has 174 valence electrons. The number of aliphatic hydroxyl groups excluding tert-OH is 1. The molecular weight excluding hydrogens is 433 g/mol. The predicted molar refractivity (Wildman–Crippen MR) is 120 cm³/mol. The summed E-state index contributed by atoms with van der Waals surface area (Å²) >= 11 is 0. The molecule has 0 saturated carbocycles. The van der Waals surface area contributed by atoms with Gasteiger partial charge in [0.1, 0.15) is 12.4 Å². The number of rotatable bonds is 5. The van der Waals surface area contributed by atoms with Crippen LogP contribution in [0.2, 0.25) is 0 Å². The average Bonchev–Trinajstić information content (AvgIpc) is 2.94. The minimum Gasteiger partial charge on any atom is -0.390 e. The lowest BCUT2D eigenvalue weighted by atomic mass is 9.85. The molecule has 0 bridgehead atoms. The molecule has 0 fully saturated rings. The topological polar surface area (TPSA) is 78.4 Å². The lowest BCUT2D eigenvalue weighted by molar-refractivity contribution is -0.121. The van der Waals surface area contributed by atoms with Crippen LogP contribution in [0.15, 0.2) is 30.3 Å². The van der Waals surface area contributed by atoms with Crippen LogP contribution in [0.5, 0.6) is 0 Å². The number of nitrogens with zero attached hydrogens (tertiary/aromatic N) is 3. The highest BCUT2D eigenvalue weighted by Gasteiger charge is 2.42. The molecule has 4 rings (SSSR count). The van der Waals surface area contributed by atoms with Crippen molar-refractivity contribution in [1.29, 1.82) is 0 Å². The summed E-state index contributed by atoms with van der Waals surface area (Å²) in [5.41, 5.74) is 0.747. The number of hydrogen-bond acceptors (Lipinski definition) is 5. The average molecular weight is 458 g/mol. The number of carbonyl (C=O) groups is 1. The van der Waals surface area contributed by atoms with Crippen molar-refractivity contribution in [3.8, 4) is 0 Å². The van der Waals surface area contributed by atoms with Gasteiger partial charge in [-0.25, -0.2) is 4.39 Å². The Hall–Kier alpha value is -3.20. The van der Waals surface area contributed by atoms with E-state index in [1.54, 1.807) is 18.9 Å². The van der Waals surface area contributed by atoms with Crippen LogP contribution in [0, 0.1) is 12.7 Å². The van der Waals surface area contributed by atoms with Crippen LogP contribution in [0.4, 0.5) is 24.7 Å². The van der Waals surface area contributed by atoms with Crippen LogP contribution < -0.4 is 10.2 Å². The number of halogens is 3. The number of hydrogen-bond donors (Lipinski definition) is 2. The van der Waals surface area contributed by atoms with Gasteiger partial charge in [-0.1, -0.05) is 12.1 Å². The van der Waals surface area contributed by atoms with E-state index < -0.39 is 35.4 Å². The fourth-order valence-corrected chi connectivity index (χ4v) is 4.38. The van der Waals surface area contributed by atoms with Gasteiger partial charge < -0.3 is 15.3 Å². The van der Waals surface area contributed by atoms with E-state index in [2.05, 4.69) is 15.5 Å². The third-order valence-electron chi connectivity index (χ3n) is 6.40. The van der Waals surface area contributed by atoms with Crippen LogP contribution in [-0.2, 0) is 16.1 Å². The summed E-state index contributed by atoms with van der Waals surface area (Å²) in [7, 11) is 1.71. The normalized spacial score (nSPS) is 16.3. The first-order valence-corrected chi connectivity index (χ1v) is 10.5. The molecule has 1 aromatic heterocycles. The first-order chi connectivity index (χ1) is 15.4. The molecule has 1 atom stereocenters. The Morgan fingerprint density at radius 1 is 1.21 bits per heavy atom. The standard InChI is InChI=1S/C24H25F3N4O2/c1-12(14-7-6-8-17(20(14)25)24(26,27)11-32)28-21-16-10-19-18(9-15(16)13(2)29-30-21)23(3,4)22(33)31(19)5/h6-10,12,32H,11H2,1-5H3,(H,28,30)/t12-/m1/s1. The minimum absolute atomic E-state index is 0.00531. The summed E-state index contributed by atoms with van der Waals surface area (Å²) in [5, 5.41) is 21.9. The minimum atomic E-state index is -3.69. The van der Waals surface area contributed by atoms with Crippen molar-refractivity contribution in [2.24, 2.45) is 0 Å². The van der Waals surface area contributed by atoms with Gasteiger partial charge in [0.25, 0.3) is 5.92 Å². The second-order valence-electron chi connectivity index (χ2n) is 8.98. The molecule has 0 spiro atoms. The number of nitrogens with one attached hydrogen (secondary N) is 1.